The summed E-state index contributed by atoms with van der Waals surface area (Å²) >= 11 is 0. The van der Waals surface area contributed by atoms with E-state index in [0.29, 0.717) is 12.6 Å². The molecule has 16 heavy (non-hydrogen) atoms. The first kappa shape index (κ1) is 12.7. The highest BCUT2D eigenvalue weighted by Gasteiger charge is 2.00. The van der Waals surface area contributed by atoms with Crippen LogP contribution in [0.2, 0.25) is 0 Å². The molecule has 5 heteroatoms. The van der Waals surface area contributed by atoms with Gasteiger partial charge in [0.1, 0.15) is 5.82 Å². The zero-order chi connectivity index (χ0) is 11.8. The highest BCUT2D eigenvalue weighted by atomic mass is 16.5. The molecule has 0 aliphatic rings. The maximum absolute atomic E-state index is 4.97. The second-order valence-electron chi connectivity index (χ2n) is 3.56. The molecule has 1 aromatic heterocycles. The Morgan fingerprint density at radius 1 is 1.25 bits per heavy atom. The number of ether oxygens (including phenoxy) is 1. The van der Waals surface area contributed by atoms with Gasteiger partial charge in [0.2, 0.25) is 5.95 Å². The molecule has 0 radical (unpaired) electrons. The molecule has 1 rings (SSSR count). The van der Waals surface area contributed by atoms with Crippen LogP contribution in [0, 0.1) is 6.92 Å². The second-order valence-corrected chi connectivity index (χ2v) is 3.56. The van der Waals surface area contributed by atoms with Crippen molar-refractivity contribution >= 4 is 11.8 Å². The molecule has 2 N–H and O–H groups in total. The molecule has 0 aliphatic carbocycles. The molecule has 1 aromatic rings. The van der Waals surface area contributed by atoms with Gasteiger partial charge in [-0.3, -0.25) is 0 Å². The Bertz CT molecular complexity index is 317. The van der Waals surface area contributed by atoms with E-state index in [9.17, 15) is 0 Å². The minimum Gasteiger partial charge on any atom is -0.383 e. The number of hydrogen-bond donors (Lipinski definition) is 2. The van der Waals surface area contributed by atoms with Gasteiger partial charge in [0.25, 0.3) is 0 Å². The molecule has 0 unspecified atom stereocenters. The van der Waals surface area contributed by atoms with Gasteiger partial charge in [-0.1, -0.05) is 6.92 Å². The number of methoxy groups -OCH3 is 1. The minimum atomic E-state index is 0.667. The lowest BCUT2D eigenvalue weighted by atomic mass is 10.4. The Morgan fingerprint density at radius 3 is 2.75 bits per heavy atom. The van der Waals surface area contributed by atoms with Crippen molar-refractivity contribution in [3.8, 4) is 0 Å². The Hall–Kier alpha value is -1.36. The molecular formula is C11H20N4O. The molecule has 0 amide bonds. The molecule has 0 saturated carbocycles. The zero-order valence-electron chi connectivity index (χ0n) is 10.2. The Labute approximate surface area is 96.6 Å². The van der Waals surface area contributed by atoms with Gasteiger partial charge >= 0.3 is 0 Å². The zero-order valence-corrected chi connectivity index (χ0v) is 10.2. The first-order chi connectivity index (χ1) is 7.76. The Morgan fingerprint density at radius 2 is 2.06 bits per heavy atom. The molecule has 0 atom stereocenters. The van der Waals surface area contributed by atoms with Gasteiger partial charge in [-0.05, 0) is 13.3 Å². The third-order valence-electron chi connectivity index (χ3n) is 2.00. The van der Waals surface area contributed by atoms with Gasteiger partial charge in [-0.15, -0.1) is 0 Å². The third-order valence-corrected chi connectivity index (χ3v) is 2.00. The fraction of sp³-hybridized carbons (Fsp3) is 0.636. The standard InChI is InChI=1S/C11H20N4O/c1-4-5-13-11-14-9(2)8-10(15-11)12-6-7-16-3/h8H,4-7H2,1-3H3,(H2,12,13,14,15). The number of aromatic nitrogens is 2. The van der Waals surface area contributed by atoms with E-state index in [1.165, 1.54) is 0 Å². The van der Waals surface area contributed by atoms with Crippen LogP contribution in [0.15, 0.2) is 6.07 Å². The summed E-state index contributed by atoms with van der Waals surface area (Å²) < 4.78 is 4.97. The van der Waals surface area contributed by atoms with Crippen molar-refractivity contribution in [1.29, 1.82) is 0 Å². The highest BCUT2D eigenvalue weighted by Crippen LogP contribution is 2.09. The summed E-state index contributed by atoms with van der Waals surface area (Å²) in [5.74, 6) is 1.52. The number of nitrogens with zero attached hydrogens (tertiary/aromatic N) is 2. The van der Waals surface area contributed by atoms with E-state index < -0.39 is 0 Å². The van der Waals surface area contributed by atoms with E-state index in [4.69, 9.17) is 4.74 Å². The summed E-state index contributed by atoms with van der Waals surface area (Å²) in [6.07, 6.45) is 1.06. The fourth-order valence-electron chi connectivity index (χ4n) is 1.26. The van der Waals surface area contributed by atoms with Crippen molar-refractivity contribution in [2.45, 2.75) is 20.3 Å². The van der Waals surface area contributed by atoms with Gasteiger partial charge in [0.15, 0.2) is 0 Å². The van der Waals surface area contributed by atoms with Crippen molar-refractivity contribution in [2.75, 3.05) is 37.4 Å². The lowest BCUT2D eigenvalue weighted by Gasteiger charge is -2.08. The number of hydrogen-bond acceptors (Lipinski definition) is 5. The molecular weight excluding hydrogens is 204 g/mol. The normalized spacial score (nSPS) is 10.2. The number of anilines is 2. The maximum atomic E-state index is 4.97. The quantitative estimate of drug-likeness (QED) is 0.690. The van der Waals surface area contributed by atoms with Crippen LogP contribution in [0.4, 0.5) is 11.8 Å². The summed E-state index contributed by atoms with van der Waals surface area (Å²) in [6, 6.07) is 1.92. The van der Waals surface area contributed by atoms with Crippen molar-refractivity contribution in [1.82, 2.24) is 9.97 Å². The average molecular weight is 224 g/mol. The molecule has 5 nitrogen and oxygen atoms in total. The lowest BCUT2D eigenvalue weighted by molar-refractivity contribution is 0.210. The third kappa shape index (κ3) is 4.44. The predicted molar refractivity (Wildman–Crippen MR) is 65.9 cm³/mol. The summed E-state index contributed by atoms with van der Waals surface area (Å²) in [7, 11) is 1.68. The van der Waals surface area contributed by atoms with Crippen molar-refractivity contribution in [3.05, 3.63) is 11.8 Å². The van der Waals surface area contributed by atoms with Gasteiger partial charge in [0.05, 0.1) is 6.61 Å². The number of nitrogens with one attached hydrogen (secondary N) is 2. The molecule has 0 spiro atoms. The molecule has 1 heterocycles. The number of aryl methyl sites for hydroxylation is 1. The van der Waals surface area contributed by atoms with E-state index in [1.54, 1.807) is 7.11 Å². The maximum Gasteiger partial charge on any atom is 0.224 e. The lowest BCUT2D eigenvalue weighted by Crippen LogP contribution is -2.11. The van der Waals surface area contributed by atoms with Gasteiger partial charge in [-0.2, -0.15) is 4.98 Å². The highest BCUT2D eigenvalue weighted by molar-refractivity contribution is 5.42. The van der Waals surface area contributed by atoms with E-state index in [1.807, 2.05) is 13.0 Å². The Balaban J connectivity index is 2.58. The average Bonchev–Trinajstić information content (AvgIpc) is 2.26. The fourth-order valence-corrected chi connectivity index (χ4v) is 1.26. The SMILES string of the molecule is CCCNc1nc(C)cc(NCCOC)n1. The van der Waals surface area contributed by atoms with Gasteiger partial charge in [-0.25, -0.2) is 4.98 Å². The van der Waals surface area contributed by atoms with Crippen molar-refractivity contribution in [3.63, 3.8) is 0 Å². The van der Waals surface area contributed by atoms with Crippen LogP contribution in [0.1, 0.15) is 19.0 Å². The molecule has 90 valence electrons. The van der Waals surface area contributed by atoms with E-state index in [-0.39, 0.29) is 0 Å². The van der Waals surface area contributed by atoms with Crippen LogP contribution in [-0.4, -0.2) is 36.8 Å². The molecule has 0 aromatic carbocycles. The molecule has 0 bridgehead atoms. The van der Waals surface area contributed by atoms with E-state index in [0.717, 1.165) is 31.0 Å². The van der Waals surface area contributed by atoms with Crippen LogP contribution in [0.25, 0.3) is 0 Å². The Kier molecular flexibility index (Phi) is 5.56. The minimum absolute atomic E-state index is 0.667. The van der Waals surface area contributed by atoms with Crippen molar-refractivity contribution in [2.24, 2.45) is 0 Å². The van der Waals surface area contributed by atoms with Crippen molar-refractivity contribution < 1.29 is 4.74 Å². The molecule has 0 saturated heterocycles. The van der Waals surface area contributed by atoms with E-state index in [2.05, 4.69) is 27.5 Å². The van der Waals surface area contributed by atoms with Gasteiger partial charge < -0.3 is 15.4 Å². The monoisotopic (exact) mass is 224 g/mol. The predicted octanol–water partition coefficient (Wildman–Crippen LogP) is 1.67. The summed E-state index contributed by atoms with van der Waals surface area (Å²) in [5, 5.41) is 6.36. The van der Waals surface area contributed by atoms with Crippen LogP contribution < -0.4 is 10.6 Å². The first-order valence-electron chi connectivity index (χ1n) is 5.58. The van der Waals surface area contributed by atoms with Crippen LogP contribution >= 0.6 is 0 Å². The largest absolute Gasteiger partial charge is 0.383 e. The summed E-state index contributed by atoms with van der Waals surface area (Å²) in [4.78, 5) is 8.66. The van der Waals surface area contributed by atoms with E-state index >= 15 is 0 Å². The van der Waals surface area contributed by atoms with Gasteiger partial charge in [0, 0.05) is 32.0 Å². The van der Waals surface area contributed by atoms with Crippen LogP contribution in [-0.2, 0) is 4.74 Å². The number of rotatable bonds is 7. The second kappa shape index (κ2) is 7.00. The molecule has 0 aliphatic heterocycles. The smallest absolute Gasteiger partial charge is 0.224 e. The summed E-state index contributed by atoms with van der Waals surface area (Å²) in [5.41, 5.74) is 0.952. The summed E-state index contributed by atoms with van der Waals surface area (Å²) in [6.45, 7) is 6.38. The van der Waals surface area contributed by atoms with Crippen LogP contribution in [0.5, 0.6) is 0 Å². The molecule has 0 fully saturated rings. The van der Waals surface area contributed by atoms with Crippen LogP contribution in [0.3, 0.4) is 0 Å². The first-order valence-corrected chi connectivity index (χ1v) is 5.58. The topological polar surface area (TPSA) is 59.1 Å².